The van der Waals surface area contributed by atoms with E-state index in [9.17, 15) is 19.2 Å². The zero-order valence-electron chi connectivity index (χ0n) is 20.5. The molecule has 0 radical (unpaired) electrons. The molecule has 188 valence electrons. The van der Waals surface area contributed by atoms with Gasteiger partial charge in [-0.2, -0.15) is 0 Å². The fraction of sp³-hybridized carbons (Fsp3) is 0.385. The van der Waals surface area contributed by atoms with Gasteiger partial charge in [0.1, 0.15) is 0 Å². The van der Waals surface area contributed by atoms with Gasteiger partial charge >= 0.3 is 11.9 Å². The highest BCUT2D eigenvalue weighted by Gasteiger charge is 2.26. The van der Waals surface area contributed by atoms with E-state index in [1.54, 1.807) is 17.0 Å². The maximum absolute atomic E-state index is 11.7. The lowest BCUT2D eigenvalue weighted by Gasteiger charge is -2.19. The van der Waals surface area contributed by atoms with E-state index in [-0.39, 0.29) is 17.8 Å². The van der Waals surface area contributed by atoms with Crippen molar-refractivity contribution >= 4 is 45.4 Å². The number of nitrogens with one attached hydrogen (secondary N) is 1. The van der Waals surface area contributed by atoms with Crippen molar-refractivity contribution in [1.82, 2.24) is 5.32 Å². The number of hydrogen-bond donors (Lipinski definition) is 1. The van der Waals surface area contributed by atoms with Gasteiger partial charge in [0.15, 0.2) is 0 Å². The third-order valence-corrected chi connectivity index (χ3v) is 6.04. The summed E-state index contributed by atoms with van der Waals surface area (Å²) in [5.74, 6) is -0.442. The van der Waals surface area contributed by atoms with Crippen LogP contribution in [0.25, 0.3) is 0 Å². The normalized spacial score (nSPS) is 14.3. The lowest BCUT2D eigenvalue weighted by Crippen LogP contribution is -2.26. The van der Waals surface area contributed by atoms with Crippen LogP contribution in [-0.2, 0) is 19.1 Å². The van der Waals surface area contributed by atoms with Crippen molar-refractivity contribution in [2.45, 2.75) is 39.5 Å². The minimum Gasteiger partial charge on any atom is -0.465 e. The Morgan fingerprint density at radius 2 is 1.49 bits per heavy atom. The van der Waals surface area contributed by atoms with Gasteiger partial charge in [-0.15, -0.1) is 0 Å². The fourth-order valence-electron chi connectivity index (χ4n) is 3.53. The Hall–Kier alpha value is -3.20. The molecule has 0 aromatic heterocycles. The van der Waals surface area contributed by atoms with Crippen LogP contribution in [0.2, 0.25) is 0 Å². The summed E-state index contributed by atoms with van der Waals surface area (Å²) in [6.07, 6.45) is 3.15. The van der Waals surface area contributed by atoms with Gasteiger partial charge in [-0.05, 0) is 66.9 Å². The highest BCUT2D eigenvalue weighted by molar-refractivity contribution is 9.10. The summed E-state index contributed by atoms with van der Waals surface area (Å²) in [4.78, 5) is 46.3. The predicted octanol–water partition coefficient (Wildman–Crippen LogP) is 4.35. The number of halogens is 1. The van der Waals surface area contributed by atoms with E-state index in [1.807, 2.05) is 38.1 Å². The van der Waals surface area contributed by atoms with Crippen LogP contribution in [-0.4, -0.2) is 51.1 Å². The zero-order valence-corrected chi connectivity index (χ0v) is 22.1. The first-order valence-corrected chi connectivity index (χ1v) is 12.1. The van der Waals surface area contributed by atoms with Gasteiger partial charge in [-0.25, -0.2) is 9.59 Å². The number of aryl methyl sites for hydroxylation is 2. The van der Waals surface area contributed by atoms with E-state index in [0.717, 1.165) is 41.4 Å². The number of nitrogens with zero attached hydrogens (tertiary/aromatic N) is 1. The minimum atomic E-state index is -0.400. The lowest BCUT2D eigenvalue weighted by atomic mass is 10.1. The predicted molar refractivity (Wildman–Crippen MR) is 137 cm³/mol. The average molecular weight is 547 g/mol. The highest BCUT2D eigenvalue weighted by atomic mass is 79.9. The molecule has 2 fully saturated rings. The number of anilines is 1. The molecule has 35 heavy (non-hydrogen) atoms. The molecular weight excluding hydrogens is 516 g/mol. The molecule has 2 aliphatic heterocycles. The van der Waals surface area contributed by atoms with Gasteiger partial charge in [0.05, 0.1) is 31.0 Å². The number of amides is 2. The molecular formula is C26H31BrN2O6. The molecule has 0 spiro atoms. The van der Waals surface area contributed by atoms with E-state index in [2.05, 4.69) is 26.0 Å². The number of ether oxygens (including phenoxy) is 2. The number of rotatable bonds is 3. The van der Waals surface area contributed by atoms with Gasteiger partial charge in [0, 0.05) is 30.4 Å². The summed E-state index contributed by atoms with van der Waals surface area (Å²) >= 11 is 3.27. The summed E-state index contributed by atoms with van der Waals surface area (Å²) < 4.78 is 10.1. The maximum atomic E-state index is 11.7. The van der Waals surface area contributed by atoms with E-state index in [1.165, 1.54) is 14.2 Å². The Balaban J connectivity index is 0.000000207. The van der Waals surface area contributed by atoms with Crippen molar-refractivity contribution in [3.05, 3.63) is 63.1 Å². The molecule has 2 saturated heterocycles. The standard InChI is InChI=1S/C13H15NO3.C9H9BrO2.C4H7NO/c1-9-5-6-11(10(8-9)13(16)17-2)14-7-3-4-12(14)15;1-6-3-4-8(10)7(5-6)9(11)12-2;6-4-2-1-3-5-4/h5-6,8H,3-4,7H2,1-2H3;3-5H,1-2H3;1-3H2,(H,5,6). The number of carbonyl (C=O) groups excluding carboxylic acids is 4. The largest absolute Gasteiger partial charge is 0.465 e. The third kappa shape index (κ3) is 8.20. The van der Waals surface area contributed by atoms with Crippen LogP contribution < -0.4 is 10.2 Å². The van der Waals surface area contributed by atoms with Crippen LogP contribution in [0.3, 0.4) is 0 Å². The Kier molecular flexibility index (Phi) is 10.9. The molecule has 2 aromatic carbocycles. The van der Waals surface area contributed by atoms with Gasteiger partial charge in [0.2, 0.25) is 11.8 Å². The van der Waals surface area contributed by atoms with Crippen LogP contribution in [0.1, 0.15) is 57.5 Å². The number of benzene rings is 2. The Morgan fingerprint density at radius 3 is 1.97 bits per heavy atom. The monoisotopic (exact) mass is 546 g/mol. The molecule has 2 amide bonds. The molecule has 0 unspecified atom stereocenters. The maximum Gasteiger partial charge on any atom is 0.339 e. The molecule has 2 aliphatic rings. The summed E-state index contributed by atoms with van der Waals surface area (Å²) in [6, 6.07) is 11.0. The van der Waals surface area contributed by atoms with Gasteiger partial charge < -0.3 is 19.7 Å². The van der Waals surface area contributed by atoms with Crippen LogP contribution in [0.5, 0.6) is 0 Å². The van der Waals surface area contributed by atoms with Crippen molar-refractivity contribution < 1.29 is 28.7 Å². The summed E-state index contributed by atoms with van der Waals surface area (Å²) in [7, 11) is 2.72. The minimum absolute atomic E-state index is 0.0685. The number of hydrogen-bond acceptors (Lipinski definition) is 6. The number of methoxy groups -OCH3 is 2. The summed E-state index contributed by atoms with van der Waals surface area (Å²) in [5, 5.41) is 2.68. The highest BCUT2D eigenvalue weighted by Crippen LogP contribution is 2.27. The molecule has 0 aliphatic carbocycles. The number of carbonyl (C=O) groups is 4. The SMILES string of the molecule is COC(=O)c1cc(C)ccc1Br.COC(=O)c1cc(C)ccc1N1CCCC1=O.O=C1CCCN1. The quantitative estimate of drug-likeness (QED) is 0.574. The average Bonchev–Trinajstić information content (AvgIpc) is 3.51. The molecule has 9 heteroatoms. The lowest BCUT2D eigenvalue weighted by molar-refractivity contribution is -0.119. The third-order valence-electron chi connectivity index (χ3n) is 5.35. The number of esters is 2. The van der Waals surface area contributed by atoms with Crippen LogP contribution in [0, 0.1) is 13.8 Å². The first-order valence-electron chi connectivity index (χ1n) is 11.3. The molecule has 2 aromatic rings. The smallest absolute Gasteiger partial charge is 0.339 e. The second-order valence-corrected chi connectivity index (χ2v) is 8.94. The molecule has 4 rings (SSSR count). The van der Waals surface area contributed by atoms with Crippen LogP contribution >= 0.6 is 15.9 Å². The topological polar surface area (TPSA) is 102 Å². The van der Waals surface area contributed by atoms with Crippen molar-refractivity contribution in [2.75, 3.05) is 32.2 Å². The second-order valence-electron chi connectivity index (χ2n) is 8.09. The van der Waals surface area contributed by atoms with E-state index >= 15 is 0 Å². The van der Waals surface area contributed by atoms with Crippen molar-refractivity contribution in [2.24, 2.45) is 0 Å². The van der Waals surface area contributed by atoms with Gasteiger partial charge in [-0.3, -0.25) is 9.59 Å². The van der Waals surface area contributed by atoms with Crippen molar-refractivity contribution in [1.29, 1.82) is 0 Å². The van der Waals surface area contributed by atoms with E-state index in [0.29, 0.717) is 29.8 Å². The van der Waals surface area contributed by atoms with E-state index in [4.69, 9.17) is 4.74 Å². The Morgan fingerprint density at radius 1 is 0.886 bits per heavy atom. The first kappa shape index (κ1) is 28.0. The Labute approximate surface area is 214 Å². The zero-order chi connectivity index (χ0) is 26.0. The fourth-order valence-corrected chi connectivity index (χ4v) is 3.94. The molecule has 1 N–H and O–H groups in total. The Bertz CT molecular complexity index is 1080. The van der Waals surface area contributed by atoms with Crippen LogP contribution in [0.15, 0.2) is 40.9 Å². The van der Waals surface area contributed by atoms with Gasteiger partial charge in [0.25, 0.3) is 0 Å². The molecule has 0 saturated carbocycles. The van der Waals surface area contributed by atoms with E-state index < -0.39 is 5.97 Å². The molecule has 8 nitrogen and oxygen atoms in total. The van der Waals surface area contributed by atoms with Gasteiger partial charge in [-0.1, -0.05) is 23.3 Å². The second kappa shape index (κ2) is 13.6. The van der Waals surface area contributed by atoms with Crippen LogP contribution in [0.4, 0.5) is 5.69 Å². The summed E-state index contributed by atoms with van der Waals surface area (Å²) in [6.45, 7) is 5.39. The molecule has 2 heterocycles. The summed E-state index contributed by atoms with van der Waals surface area (Å²) in [5.41, 5.74) is 3.70. The molecule has 0 bridgehead atoms. The van der Waals surface area contributed by atoms with Crippen molar-refractivity contribution in [3.8, 4) is 0 Å². The van der Waals surface area contributed by atoms with Crippen molar-refractivity contribution in [3.63, 3.8) is 0 Å². The first-order chi connectivity index (χ1) is 16.7. The molecule has 0 atom stereocenters.